The van der Waals surface area contributed by atoms with Crippen molar-refractivity contribution in [3.05, 3.63) is 141 Å². The van der Waals surface area contributed by atoms with E-state index in [4.69, 9.17) is 23.8 Å². The number of carbonyl (C=O) groups excluding carboxylic acids is 1. The van der Waals surface area contributed by atoms with Crippen LogP contribution in [0.3, 0.4) is 0 Å². The van der Waals surface area contributed by atoms with Gasteiger partial charge in [0.25, 0.3) is 5.91 Å². The van der Waals surface area contributed by atoms with E-state index < -0.39 is 37.8 Å². The summed E-state index contributed by atoms with van der Waals surface area (Å²) in [6, 6.07) is 27.5. The summed E-state index contributed by atoms with van der Waals surface area (Å²) in [5.41, 5.74) is 10.4. The monoisotopic (exact) mass is 616 g/mol. The van der Waals surface area contributed by atoms with Crippen LogP contribution in [0.15, 0.2) is 113 Å². The van der Waals surface area contributed by atoms with Crippen LogP contribution in [-0.2, 0) is 36.1 Å². The van der Waals surface area contributed by atoms with E-state index in [1.165, 1.54) is 16.8 Å². The van der Waals surface area contributed by atoms with Gasteiger partial charge in [-0.25, -0.2) is 9.36 Å². The minimum absolute atomic E-state index is 0.0327. The van der Waals surface area contributed by atoms with E-state index in [1.54, 1.807) is 30.3 Å². The van der Waals surface area contributed by atoms with E-state index in [0.717, 1.165) is 11.1 Å². The number of phosphoric acid groups is 1. The Kier molecular flexibility index (Phi) is 10.3. The first-order valence-electron chi connectivity index (χ1n) is 13.7. The highest BCUT2D eigenvalue weighted by atomic mass is 31.2. The summed E-state index contributed by atoms with van der Waals surface area (Å²) in [5.74, 6) is -0.349. The van der Waals surface area contributed by atoms with Crippen LogP contribution < -0.4 is 11.0 Å². The van der Waals surface area contributed by atoms with Crippen LogP contribution >= 0.6 is 7.82 Å². The third-order valence-corrected chi connectivity index (χ3v) is 8.04. The zero-order valence-electron chi connectivity index (χ0n) is 23.4. The number of nitrogens with zero attached hydrogens (tertiary/aromatic N) is 5. The fourth-order valence-electron chi connectivity index (χ4n) is 4.44. The minimum atomic E-state index is -4.13. The highest BCUT2D eigenvalue weighted by Gasteiger charge is 2.39. The molecular weight excluding hydrogens is 587 g/mol. The van der Waals surface area contributed by atoms with E-state index in [1.807, 2.05) is 60.7 Å². The van der Waals surface area contributed by atoms with Gasteiger partial charge in [0.15, 0.2) is 0 Å². The van der Waals surface area contributed by atoms with Crippen molar-refractivity contribution in [2.45, 2.75) is 38.0 Å². The van der Waals surface area contributed by atoms with Crippen molar-refractivity contribution >= 4 is 19.5 Å². The molecule has 1 fully saturated rings. The number of benzene rings is 3. The van der Waals surface area contributed by atoms with Gasteiger partial charge in [0.1, 0.15) is 12.0 Å². The molecule has 13 nitrogen and oxygen atoms in total. The van der Waals surface area contributed by atoms with Crippen LogP contribution in [0.4, 0.5) is 5.82 Å². The molecule has 0 spiro atoms. The number of anilines is 1. The average molecular weight is 617 g/mol. The SMILES string of the molecule is [N-]=[N+]=N[C@H]1C[C@H](n2ccc(NC(=O)c3ccccc3)nc2=O)O[C@@H]1COP(=O)(OCc1ccccc1)OCc1ccccc1. The van der Waals surface area contributed by atoms with Crippen LogP contribution in [0.2, 0.25) is 0 Å². The second-order valence-corrected chi connectivity index (χ2v) is 11.4. The van der Waals surface area contributed by atoms with Crippen molar-refractivity contribution in [1.82, 2.24) is 9.55 Å². The van der Waals surface area contributed by atoms with Gasteiger partial charge in [0.05, 0.1) is 32.0 Å². The second kappa shape index (κ2) is 14.7. The number of rotatable bonds is 13. The highest BCUT2D eigenvalue weighted by molar-refractivity contribution is 7.48. The molecule has 0 radical (unpaired) electrons. The molecule has 44 heavy (non-hydrogen) atoms. The Morgan fingerprint density at radius 1 is 0.955 bits per heavy atom. The molecule has 0 aliphatic carbocycles. The number of hydrogen-bond acceptors (Lipinski definition) is 9. The second-order valence-electron chi connectivity index (χ2n) is 9.72. The number of amides is 1. The van der Waals surface area contributed by atoms with Gasteiger partial charge in [-0.05, 0) is 34.9 Å². The van der Waals surface area contributed by atoms with Crippen LogP contribution in [0.1, 0.15) is 34.1 Å². The van der Waals surface area contributed by atoms with E-state index in [2.05, 4.69) is 20.3 Å². The van der Waals surface area contributed by atoms with Crippen molar-refractivity contribution in [3.63, 3.8) is 0 Å². The summed E-state index contributed by atoms with van der Waals surface area (Å²) in [5, 5.41) is 6.39. The van der Waals surface area contributed by atoms with Gasteiger partial charge in [-0.1, -0.05) is 84.0 Å². The number of carbonyl (C=O) groups is 1. The van der Waals surface area contributed by atoms with Crippen LogP contribution in [0, 0.1) is 0 Å². The lowest BCUT2D eigenvalue weighted by molar-refractivity contribution is -0.0310. The number of ether oxygens (including phenoxy) is 1. The fourth-order valence-corrected chi connectivity index (χ4v) is 5.60. The summed E-state index contributed by atoms with van der Waals surface area (Å²) >= 11 is 0. The van der Waals surface area contributed by atoms with Gasteiger partial charge >= 0.3 is 13.5 Å². The Hall–Kier alpha value is -4.61. The average Bonchev–Trinajstić information content (AvgIpc) is 3.46. The normalized spacial score (nSPS) is 18.0. The van der Waals surface area contributed by atoms with Crippen molar-refractivity contribution in [2.24, 2.45) is 5.11 Å². The molecular formula is C30H29N6O7P. The minimum Gasteiger partial charge on any atom is -0.352 e. The maximum atomic E-state index is 13.7. The smallest absolute Gasteiger partial charge is 0.352 e. The quantitative estimate of drug-likeness (QED) is 0.0824. The van der Waals surface area contributed by atoms with E-state index in [0.29, 0.717) is 5.56 Å². The predicted octanol–water partition coefficient (Wildman–Crippen LogP) is 6.02. The highest BCUT2D eigenvalue weighted by Crippen LogP contribution is 2.51. The maximum Gasteiger partial charge on any atom is 0.475 e. The van der Waals surface area contributed by atoms with Crippen molar-refractivity contribution in [1.29, 1.82) is 0 Å². The third kappa shape index (κ3) is 8.27. The van der Waals surface area contributed by atoms with Crippen molar-refractivity contribution < 1.29 is 27.7 Å². The molecule has 0 saturated carbocycles. The molecule has 1 aliphatic rings. The zero-order valence-corrected chi connectivity index (χ0v) is 24.3. The summed E-state index contributed by atoms with van der Waals surface area (Å²) in [6.07, 6.45) is -0.203. The van der Waals surface area contributed by atoms with Gasteiger partial charge in [-0.3, -0.25) is 22.9 Å². The van der Waals surface area contributed by atoms with Crippen molar-refractivity contribution in [2.75, 3.05) is 11.9 Å². The lowest BCUT2D eigenvalue weighted by Crippen LogP contribution is -2.29. The Labute approximate surface area is 252 Å². The molecule has 1 saturated heterocycles. The molecule has 0 unspecified atom stereocenters. The number of phosphoric ester groups is 1. The molecule has 1 amide bonds. The van der Waals surface area contributed by atoms with Crippen molar-refractivity contribution in [3.8, 4) is 0 Å². The van der Waals surface area contributed by atoms with Gasteiger partial charge in [0.2, 0.25) is 0 Å². The summed E-state index contributed by atoms with van der Waals surface area (Å²) in [4.78, 5) is 32.2. The van der Waals surface area contributed by atoms with Gasteiger partial charge < -0.3 is 10.1 Å². The fraction of sp³-hybridized carbons (Fsp3) is 0.233. The molecule has 3 aromatic carbocycles. The Bertz CT molecular complexity index is 1650. The van der Waals surface area contributed by atoms with E-state index >= 15 is 0 Å². The standard InChI is InChI=1S/C30H29N6O7P/c31-35-34-25-18-28(36-17-16-27(33-30(36)38)32-29(37)24-14-8-3-9-15-24)43-26(25)21-42-44(39,40-19-22-10-4-1-5-11-22)41-20-23-12-6-2-7-13-23/h1-17,25-26,28H,18-21H2,(H,32,33,37,38)/t25-,26+,28+/m0/s1. The zero-order chi connectivity index (χ0) is 30.8. The third-order valence-electron chi connectivity index (χ3n) is 6.68. The molecule has 1 aromatic heterocycles. The van der Waals surface area contributed by atoms with E-state index in [-0.39, 0.29) is 32.1 Å². The first-order chi connectivity index (χ1) is 21.4. The number of azide groups is 1. The number of nitrogens with one attached hydrogen (secondary N) is 1. The van der Waals surface area contributed by atoms with Crippen LogP contribution in [-0.4, -0.2) is 34.2 Å². The predicted molar refractivity (Wildman–Crippen MR) is 160 cm³/mol. The molecule has 226 valence electrons. The topological polar surface area (TPSA) is 167 Å². The first-order valence-corrected chi connectivity index (χ1v) is 15.2. The van der Waals surface area contributed by atoms with Gasteiger partial charge in [-0.2, -0.15) is 4.98 Å². The Balaban J connectivity index is 1.26. The largest absolute Gasteiger partial charge is 0.475 e. The lowest BCUT2D eigenvalue weighted by Gasteiger charge is -2.22. The molecule has 1 N–H and O–H groups in total. The van der Waals surface area contributed by atoms with E-state index in [9.17, 15) is 14.2 Å². The molecule has 2 heterocycles. The first kappa shape index (κ1) is 30.8. The maximum absolute atomic E-state index is 13.7. The molecule has 5 rings (SSSR count). The molecule has 0 bridgehead atoms. The number of hydrogen-bond donors (Lipinski definition) is 1. The Morgan fingerprint density at radius 2 is 1.55 bits per heavy atom. The molecule has 1 aliphatic heterocycles. The van der Waals surface area contributed by atoms with Gasteiger partial charge in [0, 0.05) is 23.1 Å². The molecule has 3 atom stereocenters. The number of aromatic nitrogens is 2. The Morgan fingerprint density at radius 3 is 2.11 bits per heavy atom. The molecule has 4 aromatic rings. The lowest BCUT2D eigenvalue weighted by atomic mass is 10.1. The summed E-state index contributed by atoms with van der Waals surface area (Å²) in [6.45, 7) is -0.376. The molecule has 14 heteroatoms. The summed E-state index contributed by atoms with van der Waals surface area (Å²) in [7, 11) is -4.13. The van der Waals surface area contributed by atoms with Gasteiger partial charge in [-0.15, -0.1) is 0 Å². The summed E-state index contributed by atoms with van der Waals surface area (Å²) < 4.78 is 37.9. The van der Waals surface area contributed by atoms with Crippen LogP contribution in [0.25, 0.3) is 10.4 Å². The van der Waals surface area contributed by atoms with Crippen LogP contribution in [0.5, 0.6) is 0 Å².